The molecule has 0 unspecified atom stereocenters. The number of ketones is 1. The Hall–Kier alpha value is -9.52. The number of hydrogen-bond acceptors (Lipinski definition) is 25. The van der Waals surface area contributed by atoms with Crippen molar-refractivity contribution in [1.82, 2.24) is 21.3 Å². The Balaban J connectivity index is 1.16. The maximum atomic E-state index is 14.8. The molecule has 4 aromatic rings. The van der Waals surface area contributed by atoms with E-state index in [0.717, 1.165) is 65.0 Å². The van der Waals surface area contributed by atoms with Gasteiger partial charge in [0.05, 0.1) is 24.9 Å². The number of esters is 5. The lowest BCUT2D eigenvalue weighted by molar-refractivity contribution is -0.296. The number of Topliss-reactive ketones (excluding diaryl/α,β-unsaturated/α-hetero) is 1. The molecule has 0 radical (unpaired) electrons. The zero-order chi connectivity index (χ0) is 75.4. The van der Waals surface area contributed by atoms with Crippen LogP contribution in [0.1, 0.15) is 129 Å². The summed E-state index contributed by atoms with van der Waals surface area (Å²) in [5, 5.41) is 10.8. The third kappa shape index (κ3) is 25.7. The van der Waals surface area contributed by atoms with E-state index in [1.165, 1.54) is 0 Å². The van der Waals surface area contributed by atoms with E-state index in [4.69, 9.17) is 71.1 Å². The molecular weight excluding hydrogens is 1370 g/mol. The van der Waals surface area contributed by atoms with Crippen LogP contribution in [0.4, 0.5) is 19.2 Å². The summed E-state index contributed by atoms with van der Waals surface area (Å²) in [6.07, 6.45) is -17.5. The van der Waals surface area contributed by atoms with Crippen molar-refractivity contribution in [2.45, 2.75) is 231 Å². The van der Waals surface area contributed by atoms with Crippen molar-refractivity contribution in [3.63, 3.8) is 0 Å². The van der Waals surface area contributed by atoms with Crippen LogP contribution in [0.25, 0.3) is 0 Å². The summed E-state index contributed by atoms with van der Waals surface area (Å²) in [5.74, 6) is -6.62. The predicted octanol–water partition coefficient (Wildman–Crippen LogP) is 8.97. The molecule has 4 amide bonds. The number of carbonyl (C=O) groups is 10. The molecule has 29 heteroatoms. The Kier molecular flexibility index (Phi) is 31.9. The van der Waals surface area contributed by atoms with E-state index in [1.807, 2.05) is 18.2 Å². The summed E-state index contributed by atoms with van der Waals surface area (Å²) in [4.78, 5) is 136. The van der Waals surface area contributed by atoms with Gasteiger partial charge in [0.25, 0.3) is 0 Å². The number of unbranched alkanes of at least 4 members (excludes halogenated alkanes) is 2. The quantitative estimate of drug-likeness (QED) is 0.0147. The highest BCUT2D eigenvalue weighted by Crippen LogP contribution is 2.43. The number of hydrogen-bond donors (Lipinski definition) is 4. The van der Waals surface area contributed by atoms with Crippen molar-refractivity contribution < 1.29 is 119 Å². The lowest BCUT2D eigenvalue weighted by Gasteiger charge is -2.47. The molecule has 105 heavy (non-hydrogen) atoms. The largest absolute Gasteiger partial charge is 0.459 e. The average molecular weight is 1470 g/mol. The molecule has 1 saturated carbocycles. The van der Waals surface area contributed by atoms with Gasteiger partial charge in [-0.05, 0) is 47.4 Å². The number of alkyl carbamates (subject to hydrolysis) is 4. The first-order valence-electron chi connectivity index (χ1n) is 35.4. The Morgan fingerprint density at radius 1 is 0.467 bits per heavy atom. The predicted molar refractivity (Wildman–Crippen MR) is 370 cm³/mol. The van der Waals surface area contributed by atoms with Gasteiger partial charge < -0.3 is 92.3 Å². The topological polar surface area (TPSA) is 357 Å². The highest BCUT2D eigenvalue weighted by atomic mass is 16.8. The van der Waals surface area contributed by atoms with E-state index in [-0.39, 0.29) is 52.2 Å². The summed E-state index contributed by atoms with van der Waals surface area (Å²) < 4.78 is 93.2. The van der Waals surface area contributed by atoms with Gasteiger partial charge in [0.2, 0.25) is 0 Å². The Morgan fingerprint density at radius 2 is 0.943 bits per heavy atom. The molecule has 29 nitrogen and oxygen atoms in total. The summed E-state index contributed by atoms with van der Waals surface area (Å²) in [6, 6.07) is 32.8. The van der Waals surface area contributed by atoms with Crippen molar-refractivity contribution in [3.8, 4) is 0 Å². The van der Waals surface area contributed by atoms with E-state index in [0.29, 0.717) is 17.5 Å². The van der Waals surface area contributed by atoms with Crippen LogP contribution in [0, 0.1) is 11.8 Å². The highest BCUT2D eigenvalue weighted by molar-refractivity contribution is 5.85. The lowest BCUT2D eigenvalue weighted by Crippen LogP contribution is -2.68. The second kappa shape index (κ2) is 41.2. The fourth-order valence-corrected chi connectivity index (χ4v) is 12.9. The molecule has 2 saturated heterocycles. The minimum absolute atomic E-state index is 0.0418. The molecule has 4 aromatic carbocycles. The summed E-state index contributed by atoms with van der Waals surface area (Å²) >= 11 is 0. The third-order valence-corrected chi connectivity index (χ3v) is 17.6. The normalized spacial score (nSPS) is 26.4. The average Bonchev–Trinajstić information content (AvgIpc) is 1.75. The van der Waals surface area contributed by atoms with Crippen LogP contribution in [0.3, 0.4) is 0 Å². The van der Waals surface area contributed by atoms with Crippen LogP contribution in [-0.2, 0) is 126 Å². The summed E-state index contributed by atoms with van der Waals surface area (Å²) in [5.41, 5.74) is 2.71. The van der Waals surface area contributed by atoms with Crippen molar-refractivity contribution >= 4 is 60.0 Å². The Morgan fingerprint density at radius 3 is 1.47 bits per heavy atom. The van der Waals surface area contributed by atoms with Crippen LogP contribution in [0.2, 0.25) is 0 Å². The van der Waals surface area contributed by atoms with Crippen LogP contribution in [-0.4, -0.2) is 171 Å². The first-order valence-corrected chi connectivity index (χ1v) is 35.4. The molecule has 4 N–H and O–H groups in total. The summed E-state index contributed by atoms with van der Waals surface area (Å²) in [6.45, 7) is 9.93. The molecule has 3 heterocycles. The van der Waals surface area contributed by atoms with E-state index in [9.17, 15) is 47.9 Å². The molecule has 3 aliphatic heterocycles. The van der Waals surface area contributed by atoms with Crippen LogP contribution >= 0.6 is 0 Å². The van der Waals surface area contributed by atoms with Gasteiger partial charge >= 0.3 is 54.2 Å². The molecule has 3 fully saturated rings. The van der Waals surface area contributed by atoms with Crippen LogP contribution in [0.5, 0.6) is 0 Å². The lowest BCUT2D eigenvalue weighted by atomic mass is 9.73. The minimum Gasteiger partial charge on any atom is -0.459 e. The van der Waals surface area contributed by atoms with E-state index in [1.54, 1.807) is 129 Å². The smallest absolute Gasteiger partial charge is 0.408 e. The van der Waals surface area contributed by atoms with Gasteiger partial charge in [-0.25, -0.2) is 19.2 Å². The number of nitrogens with one attached hydrogen (secondary N) is 4. The highest BCUT2D eigenvalue weighted by Gasteiger charge is 2.58. The van der Waals surface area contributed by atoms with Crippen molar-refractivity contribution in [3.05, 3.63) is 156 Å². The maximum absolute atomic E-state index is 14.8. The van der Waals surface area contributed by atoms with Gasteiger partial charge in [0.15, 0.2) is 49.1 Å². The molecule has 0 bridgehead atoms. The SMILES string of the molecule is CCCCC[C@@H]1C=C[C@@H](NC(=O)OCc2ccccc2)[C@@H](O[C@H]2[C@H](O[C@@H]3O[C@H](CC)[C@@H](O[C@H]4O[C@@H](CNC(=O)OCc5ccccc5)[C@@H](OC(C)=O)[C@H](OC(C)=O)[C@H]4NC(=O)OCc4ccccc4)[C@H]3OC(C)=O)[C@@H](OC(C)=O)[C@H](CC(=O)[C@H](CCNC(=O)OCc3ccccc3)OC(C)=O)C[C@@H]2C)O1. The standard InChI is InChI=1S/C76H96N4O25/c1-9-11-16-33-56-34-35-57(79-75(89)93-43-53-29-21-14-22-30-53)70(100-56)103-63-45(3)38-55(39-58(86)60(95-46(4)81)36-37-77-73(87)91-41-51-25-17-12-18-26-51)64(96-47(5)82)68(63)105-72-69(99-50(8)85)65(59(10-2)101-72)104-71-62(80-76(90)94-44-54-31-23-15-24-32-54)67(98-49(7)84)66(97-48(6)83)61(102-71)40-78-74(88)92-42-52-27-19-13-20-28-52/h12-15,17-32,34-35,45,55-57,59-72H,9-11,16,33,36-44H2,1-8H3,(H,77,87)(H,78,88)(H,79,89)(H,80,90)/t45-,55-,56+,57+,59+,60-,61-,62+,63+,64-,65+,66+,67+,68-,69+,70+,71+,72-/m0/s1. The fourth-order valence-electron chi connectivity index (χ4n) is 12.9. The molecule has 1 aliphatic carbocycles. The second-order valence-corrected chi connectivity index (χ2v) is 25.9. The van der Waals surface area contributed by atoms with Crippen molar-refractivity contribution in [2.24, 2.45) is 11.8 Å². The molecular formula is C76H96N4O25. The first-order chi connectivity index (χ1) is 50.5. The molecule has 18 atom stereocenters. The first kappa shape index (κ1) is 81.2. The van der Waals surface area contributed by atoms with Gasteiger partial charge in [-0.1, -0.05) is 174 Å². The minimum atomic E-state index is -1.82. The van der Waals surface area contributed by atoms with Gasteiger partial charge in [-0.3, -0.25) is 28.8 Å². The van der Waals surface area contributed by atoms with E-state index in [2.05, 4.69) is 28.2 Å². The van der Waals surface area contributed by atoms with Crippen molar-refractivity contribution in [2.75, 3.05) is 13.1 Å². The zero-order valence-electron chi connectivity index (χ0n) is 60.2. The third-order valence-electron chi connectivity index (χ3n) is 17.6. The van der Waals surface area contributed by atoms with Crippen LogP contribution in [0.15, 0.2) is 133 Å². The second-order valence-electron chi connectivity index (χ2n) is 25.9. The molecule has 570 valence electrons. The van der Waals surface area contributed by atoms with E-state index < -0.39 is 183 Å². The number of carbonyl (C=O) groups excluding carboxylic acids is 10. The maximum Gasteiger partial charge on any atom is 0.408 e. The van der Waals surface area contributed by atoms with Gasteiger partial charge in [-0.2, -0.15) is 0 Å². The van der Waals surface area contributed by atoms with Gasteiger partial charge in [-0.15, -0.1) is 0 Å². The Bertz CT molecular complexity index is 3500. The molecule has 0 spiro atoms. The van der Waals surface area contributed by atoms with E-state index >= 15 is 0 Å². The number of rotatable bonds is 34. The van der Waals surface area contributed by atoms with Crippen LogP contribution < -0.4 is 21.3 Å². The van der Waals surface area contributed by atoms with Crippen molar-refractivity contribution in [1.29, 1.82) is 0 Å². The Labute approximate surface area is 609 Å². The molecule has 8 rings (SSSR count). The molecule has 0 aromatic heterocycles. The zero-order valence-corrected chi connectivity index (χ0v) is 60.2. The fraction of sp³-hybridized carbons (Fsp3) is 0.526. The van der Waals surface area contributed by atoms with Gasteiger partial charge in [0.1, 0.15) is 62.9 Å². The molecule has 4 aliphatic rings. The monoisotopic (exact) mass is 1460 g/mol. The number of benzene rings is 4. The number of amides is 4. The summed E-state index contributed by atoms with van der Waals surface area (Å²) in [7, 11) is 0. The number of ether oxygens (including phenoxy) is 15. The van der Waals surface area contributed by atoms with Gasteiger partial charge in [0, 0.05) is 59.9 Å².